The van der Waals surface area contributed by atoms with Gasteiger partial charge in [-0.15, -0.1) is 0 Å². The van der Waals surface area contributed by atoms with Crippen LogP contribution in [-0.4, -0.2) is 57.3 Å². The second-order valence-electron chi connectivity index (χ2n) is 7.77. The molecule has 3 rings (SSSR count). The molecular weight excluding hydrogens is 392 g/mol. The quantitative estimate of drug-likeness (QED) is 0.622. The Morgan fingerprint density at radius 1 is 0.935 bits per heavy atom. The van der Waals surface area contributed by atoms with E-state index in [1.807, 2.05) is 55.2 Å². The standard InChI is InChI=1S/C25H32N2O4/c1-19(2)31-23-12-6-20(18-24(23)30-4)7-13-25(28)27-15-5-14-26(16-17-27)21-8-10-22(29-3)11-9-21/h6-13,18-19H,5,14-17H2,1-4H3/b13-7+. The number of carbonyl (C=O) groups excluding carboxylic acids is 1. The Labute approximate surface area is 185 Å². The van der Waals surface area contributed by atoms with Crippen molar-refractivity contribution in [1.29, 1.82) is 0 Å². The molecule has 0 unspecified atom stereocenters. The average molecular weight is 425 g/mol. The van der Waals surface area contributed by atoms with Crippen LogP contribution in [0.3, 0.4) is 0 Å². The van der Waals surface area contributed by atoms with E-state index in [1.165, 1.54) is 0 Å². The molecular formula is C25H32N2O4. The SMILES string of the molecule is COc1ccc(N2CCCN(C(=O)/C=C/c3ccc(OC(C)C)c(OC)c3)CC2)cc1. The first-order valence-corrected chi connectivity index (χ1v) is 10.7. The molecule has 6 nitrogen and oxygen atoms in total. The van der Waals surface area contributed by atoms with Crippen LogP contribution in [0.25, 0.3) is 6.08 Å². The highest BCUT2D eigenvalue weighted by Gasteiger charge is 2.18. The number of benzene rings is 2. The van der Waals surface area contributed by atoms with Gasteiger partial charge in [0.15, 0.2) is 11.5 Å². The highest BCUT2D eigenvalue weighted by molar-refractivity contribution is 5.92. The fourth-order valence-corrected chi connectivity index (χ4v) is 3.60. The van der Waals surface area contributed by atoms with Crippen LogP contribution in [0.5, 0.6) is 17.2 Å². The summed E-state index contributed by atoms with van der Waals surface area (Å²) in [5, 5.41) is 0. The summed E-state index contributed by atoms with van der Waals surface area (Å²) >= 11 is 0. The summed E-state index contributed by atoms with van der Waals surface area (Å²) in [5.74, 6) is 2.24. The fraction of sp³-hybridized carbons (Fsp3) is 0.400. The van der Waals surface area contributed by atoms with Crippen molar-refractivity contribution in [1.82, 2.24) is 4.90 Å². The highest BCUT2D eigenvalue weighted by Crippen LogP contribution is 2.29. The lowest BCUT2D eigenvalue weighted by Gasteiger charge is -2.23. The highest BCUT2D eigenvalue weighted by atomic mass is 16.5. The van der Waals surface area contributed by atoms with Crippen LogP contribution in [0.15, 0.2) is 48.5 Å². The van der Waals surface area contributed by atoms with Gasteiger partial charge in [-0.25, -0.2) is 0 Å². The Morgan fingerprint density at radius 3 is 2.39 bits per heavy atom. The minimum atomic E-state index is 0.0260. The smallest absolute Gasteiger partial charge is 0.246 e. The minimum absolute atomic E-state index is 0.0260. The molecule has 0 spiro atoms. The molecule has 0 aromatic heterocycles. The van der Waals surface area contributed by atoms with Crippen molar-refractivity contribution in [2.45, 2.75) is 26.4 Å². The van der Waals surface area contributed by atoms with E-state index in [0.717, 1.165) is 43.1 Å². The van der Waals surface area contributed by atoms with Gasteiger partial charge in [-0.2, -0.15) is 0 Å². The largest absolute Gasteiger partial charge is 0.497 e. The number of rotatable bonds is 7. The molecule has 1 heterocycles. The molecule has 0 atom stereocenters. The van der Waals surface area contributed by atoms with Gasteiger partial charge in [0.1, 0.15) is 5.75 Å². The predicted octanol–water partition coefficient (Wildman–Crippen LogP) is 4.24. The monoisotopic (exact) mass is 424 g/mol. The molecule has 1 aliphatic rings. The minimum Gasteiger partial charge on any atom is -0.497 e. The van der Waals surface area contributed by atoms with Gasteiger partial charge < -0.3 is 24.0 Å². The van der Waals surface area contributed by atoms with Gasteiger partial charge in [0.25, 0.3) is 0 Å². The Hall–Kier alpha value is -3.15. The Morgan fingerprint density at radius 2 is 1.71 bits per heavy atom. The Bertz CT molecular complexity index is 893. The number of amides is 1. The molecule has 166 valence electrons. The van der Waals surface area contributed by atoms with Crippen LogP contribution in [0.1, 0.15) is 25.8 Å². The van der Waals surface area contributed by atoms with Gasteiger partial charge >= 0.3 is 0 Å². The first kappa shape index (κ1) is 22.5. The maximum absolute atomic E-state index is 12.8. The molecule has 0 aliphatic carbocycles. The second-order valence-corrected chi connectivity index (χ2v) is 7.77. The first-order chi connectivity index (χ1) is 15.0. The number of nitrogens with zero attached hydrogens (tertiary/aromatic N) is 2. The summed E-state index contributed by atoms with van der Waals surface area (Å²) in [7, 11) is 3.29. The average Bonchev–Trinajstić information content (AvgIpc) is 3.04. The molecule has 0 saturated carbocycles. The molecule has 1 fully saturated rings. The van der Waals surface area contributed by atoms with Gasteiger partial charge in [0.05, 0.1) is 20.3 Å². The summed E-state index contributed by atoms with van der Waals surface area (Å²) in [5.41, 5.74) is 2.05. The topological polar surface area (TPSA) is 51.2 Å². The van der Waals surface area contributed by atoms with Crippen LogP contribution in [0, 0.1) is 0 Å². The fourth-order valence-electron chi connectivity index (χ4n) is 3.60. The van der Waals surface area contributed by atoms with Gasteiger partial charge in [0.2, 0.25) is 5.91 Å². The van der Waals surface area contributed by atoms with E-state index < -0.39 is 0 Å². The van der Waals surface area contributed by atoms with Crippen LogP contribution in [0.2, 0.25) is 0 Å². The number of hydrogen-bond acceptors (Lipinski definition) is 5. The van der Waals surface area contributed by atoms with Crippen molar-refractivity contribution in [3.05, 3.63) is 54.1 Å². The van der Waals surface area contributed by atoms with E-state index in [-0.39, 0.29) is 12.0 Å². The third kappa shape index (κ3) is 6.17. The zero-order valence-corrected chi connectivity index (χ0v) is 18.8. The van der Waals surface area contributed by atoms with Crippen molar-refractivity contribution in [2.24, 2.45) is 0 Å². The maximum atomic E-state index is 12.8. The lowest BCUT2D eigenvalue weighted by atomic mass is 10.2. The van der Waals surface area contributed by atoms with Crippen molar-refractivity contribution < 1.29 is 19.0 Å². The van der Waals surface area contributed by atoms with Crippen LogP contribution < -0.4 is 19.1 Å². The Kier molecular flexibility index (Phi) is 7.82. The molecule has 1 amide bonds. The third-order valence-electron chi connectivity index (χ3n) is 5.21. The van der Waals surface area contributed by atoms with E-state index in [9.17, 15) is 4.79 Å². The van der Waals surface area contributed by atoms with Gasteiger partial charge in [0, 0.05) is 37.9 Å². The van der Waals surface area contributed by atoms with Gasteiger partial charge in [-0.3, -0.25) is 4.79 Å². The van der Waals surface area contributed by atoms with E-state index in [4.69, 9.17) is 14.2 Å². The molecule has 2 aromatic carbocycles. The second kappa shape index (κ2) is 10.8. The lowest BCUT2D eigenvalue weighted by molar-refractivity contribution is -0.125. The van der Waals surface area contributed by atoms with Crippen molar-refractivity contribution >= 4 is 17.7 Å². The first-order valence-electron chi connectivity index (χ1n) is 10.7. The van der Waals surface area contributed by atoms with Crippen molar-refractivity contribution in [2.75, 3.05) is 45.3 Å². The molecule has 1 saturated heterocycles. The summed E-state index contributed by atoms with van der Waals surface area (Å²) < 4.78 is 16.4. The number of methoxy groups -OCH3 is 2. The molecule has 0 bridgehead atoms. The summed E-state index contributed by atoms with van der Waals surface area (Å²) in [6.45, 7) is 7.13. The maximum Gasteiger partial charge on any atom is 0.246 e. The summed E-state index contributed by atoms with van der Waals surface area (Å²) in [6, 6.07) is 13.8. The molecule has 0 radical (unpaired) electrons. The molecule has 0 N–H and O–H groups in total. The molecule has 1 aliphatic heterocycles. The lowest BCUT2D eigenvalue weighted by Crippen LogP contribution is -2.34. The predicted molar refractivity (Wildman–Crippen MR) is 124 cm³/mol. The van der Waals surface area contributed by atoms with E-state index in [2.05, 4.69) is 17.0 Å². The summed E-state index contributed by atoms with van der Waals surface area (Å²) in [4.78, 5) is 17.0. The van der Waals surface area contributed by atoms with Crippen molar-refractivity contribution in [3.8, 4) is 17.2 Å². The zero-order chi connectivity index (χ0) is 22.2. The van der Waals surface area contributed by atoms with E-state index in [0.29, 0.717) is 18.0 Å². The van der Waals surface area contributed by atoms with Gasteiger partial charge in [-0.1, -0.05) is 6.07 Å². The molecule has 6 heteroatoms. The third-order valence-corrected chi connectivity index (χ3v) is 5.21. The summed E-state index contributed by atoms with van der Waals surface area (Å²) in [6.07, 6.45) is 4.47. The number of ether oxygens (including phenoxy) is 3. The van der Waals surface area contributed by atoms with Crippen molar-refractivity contribution in [3.63, 3.8) is 0 Å². The molecule has 31 heavy (non-hydrogen) atoms. The number of anilines is 1. The zero-order valence-electron chi connectivity index (χ0n) is 18.8. The Balaban J connectivity index is 1.60. The van der Waals surface area contributed by atoms with Crippen LogP contribution >= 0.6 is 0 Å². The van der Waals surface area contributed by atoms with E-state index in [1.54, 1.807) is 20.3 Å². The number of carbonyl (C=O) groups is 1. The molecule has 2 aromatic rings. The van der Waals surface area contributed by atoms with Crippen LogP contribution in [0.4, 0.5) is 5.69 Å². The normalized spacial score (nSPS) is 14.6. The van der Waals surface area contributed by atoms with Gasteiger partial charge in [-0.05, 0) is 68.3 Å². The van der Waals surface area contributed by atoms with E-state index >= 15 is 0 Å². The van der Waals surface area contributed by atoms with Crippen LogP contribution in [-0.2, 0) is 4.79 Å². The number of hydrogen-bond donors (Lipinski definition) is 0.